The van der Waals surface area contributed by atoms with Crippen LogP contribution in [0.5, 0.6) is 0 Å². The van der Waals surface area contributed by atoms with Crippen molar-refractivity contribution in [1.29, 1.82) is 0 Å². The molecule has 4 N–H and O–H groups in total. The van der Waals surface area contributed by atoms with Crippen LogP contribution in [0, 0.1) is 31.3 Å². The fourth-order valence-electron chi connectivity index (χ4n) is 7.90. The summed E-state index contributed by atoms with van der Waals surface area (Å²) in [5.74, 6) is 5.36. The summed E-state index contributed by atoms with van der Waals surface area (Å²) in [6, 6.07) is 9.11. The Bertz CT molecular complexity index is 2390. The Labute approximate surface area is 359 Å². The van der Waals surface area contributed by atoms with E-state index in [-0.39, 0.29) is 17.9 Å². The molecule has 4 aromatic heterocycles. The smallest absolute Gasteiger partial charge is 0.227 e. The third-order valence-electron chi connectivity index (χ3n) is 11.5. The maximum atomic E-state index is 12.6. The molecule has 6 heterocycles. The number of carbonyl (C=O) groups is 2. The van der Waals surface area contributed by atoms with E-state index in [2.05, 4.69) is 91.6 Å². The van der Waals surface area contributed by atoms with Gasteiger partial charge in [0.15, 0.2) is 0 Å². The van der Waals surface area contributed by atoms with Crippen LogP contribution < -0.4 is 15.5 Å². The molecule has 2 saturated heterocycles. The van der Waals surface area contributed by atoms with Crippen molar-refractivity contribution >= 4 is 62.2 Å². The van der Waals surface area contributed by atoms with E-state index >= 15 is 0 Å². The number of imidazole rings is 2. The van der Waals surface area contributed by atoms with Gasteiger partial charge in [0.25, 0.3) is 0 Å². The molecule has 2 aliphatic heterocycles. The van der Waals surface area contributed by atoms with Crippen LogP contribution in [0.25, 0.3) is 44.3 Å². The Morgan fingerprint density at radius 3 is 1.75 bits per heavy atom. The minimum Gasteiger partial charge on any atom is -0.361 e. The third-order valence-corrected chi connectivity index (χ3v) is 12.3. The number of halogens is 1. The van der Waals surface area contributed by atoms with E-state index in [9.17, 15) is 9.59 Å². The number of hydrogen-bond donors (Lipinski definition) is 4. The van der Waals surface area contributed by atoms with Gasteiger partial charge in [0, 0.05) is 51.5 Å². The van der Waals surface area contributed by atoms with Crippen molar-refractivity contribution in [2.24, 2.45) is 0 Å². The lowest BCUT2D eigenvalue weighted by molar-refractivity contribution is -0.119. The Hall–Kier alpha value is -4.57. The first kappa shape index (κ1) is 42.6. The predicted molar refractivity (Wildman–Crippen MR) is 241 cm³/mol. The molecule has 2 aliphatic carbocycles. The van der Waals surface area contributed by atoms with Crippen molar-refractivity contribution in [2.45, 2.75) is 137 Å². The summed E-state index contributed by atoms with van der Waals surface area (Å²) in [5.41, 5.74) is 11.0. The molecule has 2 atom stereocenters. The van der Waals surface area contributed by atoms with E-state index in [4.69, 9.17) is 19.0 Å². The molecule has 0 spiro atoms. The van der Waals surface area contributed by atoms with E-state index in [0.717, 1.165) is 110 Å². The molecule has 2 unspecified atom stereocenters. The van der Waals surface area contributed by atoms with Gasteiger partial charge in [0.05, 0.1) is 28.1 Å². The van der Waals surface area contributed by atoms with Gasteiger partial charge in [-0.15, -0.1) is 0 Å². The molecule has 0 radical (unpaired) electrons. The molecule has 6 aromatic rings. The molecular formula is C45H58IN9O4. The van der Waals surface area contributed by atoms with Gasteiger partial charge < -0.3 is 34.5 Å². The number of aromatic nitrogens is 6. The van der Waals surface area contributed by atoms with Crippen molar-refractivity contribution in [2.75, 3.05) is 18.5 Å². The van der Waals surface area contributed by atoms with Gasteiger partial charge in [-0.3, -0.25) is 9.59 Å². The molecule has 314 valence electrons. The average Bonchev–Trinajstić information content (AvgIpc) is 3.96. The van der Waals surface area contributed by atoms with Crippen molar-refractivity contribution in [3.05, 3.63) is 62.4 Å². The maximum Gasteiger partial charge on any atom is 0.227 e. The lowest BCUT2D eigenvalue weighted by Crippen LogP contribution is -2.30. The van der Waals surface area contributed by atoms with Crippen LogP contribution in [0.15, 0.2) is 33.3 Å². The highest BCUT2D eigenvalue weighted by Gasteiger charge is 2.33. The molecule has 4 aliphatic rings. The SMILES string of the molecule is CC1CCC(=O)N1.CCCCNC.Cc1noc(C)c1-c1cc(I)c2nc(C3CC3)[nH]c2c1.Cc1noc(C)c1-c1cc(N2C(=O)CCC2C)c2nc(C3CC3)[nH]c2c1. The zero-order valence-electron chi connectivity index (χ0n) is 35.6. The quantitative estimate of drug-likeness (QED) is 0.0857. The molecule has 2 amide bonds. The fourth-order valence-corrected chi connectivity index (χ4v) is 8.64. The topological polar surface area (TPSA) is 171 Å². The summed E-state index contributed by atoms with van der Waals surface area (Å²) >= 11 is 2.36. The predicted octanol–water partition coefficient (Wildman–Crippen LogP) is 9.83. The van der Waals surface area contributed by atoms with Gasteiger partial charge in [-0.1, -0.05) is 23.7 Å². The molecule has 4 fully saturated rings. The Kier molecular flexibility index (Phi) is 13.2. The second-order valence-electron chi connectivity index (χ2n) is 16.6. The van der Waals surface area contributed by atoms with Gasteiger partial charge in [-0.2, -0.15) is 0 Å². The van der Waals surface area contributed by atoms with Gasteiger partial charge in [0.2, 0.25) is 11.8 Å². The Morgan fingerprint density at radius 1 is 0.780 bits per heavy atom. The zero-order valence-corrected chi connectivity index (χ0v) is 37.8. The summed E-state index contributed by atoms with van der Waals surface area (Å²) in [5, 5.41) is 14.0. The minimum absolute atomic E-state index is 0.172. The first-order valence-corrected chi connectivity index (χ1v) is 22.3. The van der Waals surface area contributed by atoms with Gasteiger partial charge in [0.1, 0.15) is 34.2 Å². The van der Waals surface area contributed by atoms with Crippen molar-refractivity contribution in [1.82, 2.24) is 40.9 Å². The second-order valence-corrected chi connectivity index (χ2v) is 17.7. The number of aromatic amines is 2. The Balaban J connectivity index is 0.000000140. The normalized spacial score (nSPS) is 18.7. The van der Waals surface area contributed by atoms with E-state index in [1.54, 1.807) is 0 Å². The van der Waals surface area contributed by atoms with Crippen molar-refractivity contribution < 1.29 is 18.6 Å². The first-order valence-electron chi connectivity index (χ1n) is 21.2. The lowest BCUT2D eigenvalue weighted by Gasteiger charge is -2.23. The standard InChI is InChI=1S/C20H22N4O2.C15H14IN3O.C5H9NO.C5H13N/c1-10-4-7-17(25)24(10)16-9-14(18-11(2)23-26-12(18)3)8-15-19(16)22-20(21-15)13-5-6-13;1-7-13(8(2)20-19-7)10-5-11(16)14-12(6-10)17-15(18-14)9-3-4-9;1-4-2-3-5(7)6-4;1-3-4-5-6-2/h8-10,13H,4-7H2,1-3H3,(H,21,22);5-6,9H,3-4H2,1-2H3,(H,17,18);4H,2-3H2,1H3,(H,6,7);6H,3-5H2,1-2H3. The van der Waals surface area contributed by atoms with E-state index in [0.29, 0.717) is 24.3 Å². The molecule has 2 saturated carbocycles. The lowest BCUT2D eigenvalue weighted by atomic mass is 10.0. The average molecular weight is 916 g/mol. The maximum absolute atomic E-state index is 12.6. The summed E-state index contributed by atoms with van der Waals surface area (Å²) in [4.78, 5) is 41.4. The van der Waals surface area contributed by atoms with E-state index in [1.807, 2.05) is 46.6 Å². The zero-order chi connectivity index (χ0) is 42.0. The van der Waals surface area contributed by atoms with Crippen LogP contribution in [-0.4, -0.2) is 67.7 Å². The highest BCUT2D eigenvalue weighted by molar-refractivity contribution is 14.1. The molecule has 0 bridgehead atoms. The van der Waals surface area contributed by atoms with Gasteiger partial charge >= 0.3 is 0 Å². The van der Waals surface area contributed by atoms with Crippen LogP contribution >= 0.6 is 22.6 Å². The number of nitrogens with one attached hydrogen (secondary N) is 4. The van der Waals surface area contributed by atoms with E-state index in [1.165, 1.54) is 42.1 Å². The van der Waals surface area contributed by atoms with Crippen LogP contribution in [0.4, 0.5) is 5.69 Å². The molecule has 2 aromatic carbocycles. The largest absolute Gasteiger partial charge is 0.361 e. The number of anilines is 1. The number of carbonyl (C=O) groups excluding carboxylic acids is 2. The van der Waals surface area contributed by atoms with Crippen LogP contribution in [0.3, 0.4) is 0 Å². The molecular weight excluding hydrogens is 857 g/mol. The number of unbranched alkanes of at least 4 members (excludes halogenated alkanes) is 1. The number of benzene rings is 2. The summed E-state index contributed by atoms with van der Waals surface area (Å²) in [6.07, 6.45) is 10.7. The van der Waals surface area contributed by atoms with Gasteiger partial charge in [-0.25, -0.2) is 9.97 Å². The fraction of sp³-hybridized carbons (Fsp3) is 0.511. The third kappa shape index (κ3) is 9.74. The molecule has 10 rings (SSSR count). The number of nitrogens with zero attached hydrogens (tertiary/aromatic N) is 5. The number of aryl methyl sites for hydroxylation is 4. The van der Waals surface area contributed by atoms with Crippen LogP contribution in [0.1, 0.15) is 131 Å². The Morgan fingerprint density at radius 2 is 1.34 bits per heavy atom. The molecule has 13 nitrogen and oxygen atoms in total. The summed E-state index contributed by atoms with van der Waals surface area (Å²) < 4.78 is 11.8. The molecule has 59 heavy (non-hydrogen) atoms. The first-order chi connectivity index (χ1) is 28.4. The highest BCUT2D eigenvalue weighted by Crippen LogP contribution is 2.43. The number of H-pyrrole nitrogens is 2. The summed E-state index contributed by atoms with van der Waals surface area (Å²) in [6.45, 7) is 15.3. The second kappa shape index (κ2) is 18.4. The van der Waals surface area contributed by atoms with Crippen molar-refractivity contribution in [3.63, 3.8) is 0 Å². The number of fused-ring (bicyclic) bond motifs is 2. The molecule has 14 heteroatoms. The highest BCUT2D eigenvalue weighted by atomic mass is 127. The summed E-state index contributed by atoms with van der Waals surface area (Å²) in [7, 11) is 1.98. The monoisotopic (exact) mass is 915 g/mol. The van der Waals surface area contributed by atoms with E-state index < -0.39 is 0 Å². The van der Waals surface area contributed by atoms with Gasteiger partial charge in [-0.05, 0) is 158 Å². The number of amides is 2. The van der Waals surface area contributed by atoms with Crippen molar-refractivity contribution in [3.8, 4) is 22.3 Å². The number of hydrogen-bond acceptors (Lipinski definition) is 9. The van der Waals surface area contributed by atoms with Crippen LogP contribution in [-0.2, 0) is 9.59 Å². The van der Waals surface area contributed by atoms with Crippen LogP contribution in [0.2, 0.25) is 0 Å². The minimum atomic E-state index is 0.172. The number of rotatable bonds is 8.